The molecule has 1 aromatic carbocycles. The van der Waals surface area contributed by atoms with Crippen LogP contribution in [0.5, 0.6) is 0 Å². The Bertz CT molecular complexity index is 1320. The third kappa shape index (κ3) is 4.26. The summed E-state index contributed by atoms with van der Waals surface area (Å²) in [5.41, 5.74) is 7.56. The van der Waals surface area contributed by atoms with Crippen molar-refractivity contribution in [3.8, 4) is 28.5 Å². The molecule has 0 bridgehead atoms. The fourth-order valence-electron chi connectivity index (χ4n) is 3.06. The van der Waals surface area contributed by atoms with Crippen molar-refractivity contribution in [3.05, 3.63) is 77.1 Å². The van der Waals surface area contributed by atoms with Crippen molar-refractivity contribution in [2.75, 3.05) is 6.54 Å². The van der Waals surface area contributed by atoms with E-state index in [1.165, 1.54) is 10.9 Å². The molecule has 0 fully saturated rings. The van der Waals surface area contributed by atoms with Gasteiger partial charge in [-0.15, -0.1) is 0 Å². The lowest BCUT2D eigenvalue weighted by Crippen LogP contribution is -2.26. The minimum absolute atomic E-state index is 0.00108. The van der Waals surface area contributed by atoms with Crippen molar-refractivity contribution in [3.63, 3.8) is 0 Å². The largest absolute Gasteiger partial charge is 0.351 e. The molecule has 9 nitrogen and oxygen atoms in total. The molecule has 3 heterocycles. The van der Waals surface area contributed by atoms with Crippen molar-refractivity contribution in [1.82, 2.24) is 29.5 Å². The summed E-state index contributed by atoms with van der Waals surface area (Å²) >= 11 is 0. The minimum Gasteiger partial charge on any atom is -0.339 e. The average molecular weight is 435 g/mol. The summed E-state index contributed by atoms with van der Waals surface area (Å²) in [7, 11) is 0. The highest BCUT2D eigenvalue weighted by atomic mass is 19.1. The second-order valence-corrected chi connectivity index (χ2v) is 7.49. The average Bonchev–Trinajstić information content (AvgIpc) is 3.45. The maximum atomic E-state index is 12.8. The van der Waals surface area contributed by atoms with Crippen LogP contribution in [-0.4, -0.2) is 36.0 Å². The Labute approximate surface area is 183 Å². The summed E-state index contributed by atoms with van der Waals surface area (Å²) in [5.74, 6) is 1.60. The topological polar surface area (TPSA) is 118 Å². The predicted octanol–water partition coefficient (Wildman–Crippen LogP) is 3.08. The molecule has 3 aromatic heterocycles. The van der Waals surface area contributed by atoms with Gasteiger partial charge in [-0.05, 0) is 23.8 Å². The lowest BCUT2D eigenvalue weighted by Gasteiger charge is -2.06. The van der Waals surface area contributed by atoms with E-state index in [9.17, 15) is 9.18 Å². The highest BCUT2D eigenvalue weighted by Gasteiger charge is 2.14. The summed E-state index contributed by atoms with van der Waals surface area (Å²) in [4.78, 5) is 21.7. The number of halogens is 1. The molecule has 0 radical (unpaired) electrons. The van der Waals surface area contributed by atoms with Crippen LogP contribution in [0, 0.1) is 0 Å². The molecule has 0 aliphatic carbocycles. The van der Waals surface area contributed by atoms with E-state index in [-0.39, 0.29) is 24.6 Å². The second-order valence-electron chi connectivity index (χ2n) is 7.49. The lowest BCUT2D eigenvalue weighted by molar-refractivity contribution is 0.365. The summed E-state index contributed by atoms with van der Waals surface area (Å²) in [5, 5.41) is 8.09. The van der Waals surface area contributed by atoms with Gasteiger partial charge < -0.3 is 10.3 Å². The number of aromatic nitrogens is 6. The van der Waals surface area contributed by atoms with Crippen molar-refractivity contribution in [2.24, 2.45) is 5.73 Å². The zero-order valence-electron chi connectivity index (χ0n) is 17.6. The molecule has 10 heteroatoms. The maximum absolute atomic E-state index is 12.8. The first kappa shape index (κ1) is 21.3. The molecule has 0 aliphatic rings. The first-order valence-corrected chi connectivity index (χ1v) is 10.0. The van der Waals surface area contributed by atoms with Gasteiger partial charge in [-0.1, -0.05) is 43.3 Å². The first-order valence-electron chi connectivity index (χ1n) is 10.0. The maximum Gasteiger partial charge on any atom is 0.351 e. The molecule has 0 saturated heterocycles. The van der Waals surface area contributed by atoms with Crippen LogP contribution in [0.25, 0.3) is 28.5 Å². The zero-order valence-corrected chi connectivity index (χ0v) is 17.6. The van der Waals surface area contributed by atoms with Gasteiger partial charge in [0.25, 0.3) is 0 Å². The molecular formula is C22H22FN7O2. The van der Waals surface area contributed by atoms with Crippen LogP contribution < -0.4 is 11.4 Å². The van der Waals surface area contributed by atoms with Crippen LogP contribution in [0.3, 0.4) is 0 Å². The van der Waals surface area contributed by atoms with E-state index in [1.54, 1.807) is 12.1 Å². The van der Waals surface area contributed by atoms with Crippen molar-refractivity contribution in [1.29, 1.82) is 0 Å². The van der Waals surface area contributed by atoms with Crippen LogP contribution in [-0.2, 0) is 6.54 Å². The number of nitrogens with two attached hydrogens (primary N) is 1. The van der Waals surface area contributed by atoms with Crippen LogP contribution in [0.4, 0.5) is 4.39 Å². The molecule has 4 aromatic rings. The number of hydrogen-bond donors (Lipinski definition) is 1. The summed E-state index contributed by atoms with van der Waals surface area (Å²) < 4.78 is 20.6. The summed E-state index contributed by atoms with van der Waals surface area (Å²) in [6.45, 7) is 3.94. The van der Waals surface area contributed by atoms with Gasteiger partial charge >= 0.3 is 5.69 Å². The fourth-order valence-corrected chi connectivity index (χ4v) is 3.06. The Hall–Kier alpha value is -3.92. The van der Waals surface area contributed by atoms with Gasteiger partial charge in [0, 0.05) is 23.6 Å². The Morgan fingerprint density at radius 3 is 2.69 bits per heavy atom. The number of nitrogens with zero attached hydrogens (tertiary/aromatic N) is 6. The van der Waals surface area contributed by atoms with E-state index >= 15 is 0 Å². The highest BCUT2D eigenvalue weighted by Crippen LogP contribution is 2.25. The molecule has 0 saturated carbocycles. The molecular weight excluding hydrogens is 413 g/mol. The molecule has 0 aliphatic heterocycles. The fraction of sp³-hybridized carbons (Fsp3) is 0.227. The van der Waals surface area contributed by atoms with Gasteiger partial charge in [0.15, 0.2) is 0 Å². The monoisotopic (exact) mass is 435 g/mol. The SMILES string of the molecule is CC(C)c1nc(-c2cccc(-c3cccc(-n4cnn(C/C(=C/F)CN)c4=O)n3)c2)no1. The van der Waals surface area contributed by atoms with Gasteiger partial charge in [-0.2, -0.15) is 10.1 Å². The standard InChI is InChI=1S/C22H22FN7O2/c1-14(2)21-27-20(28-32-21)17-6-3-5-16(9-17)18-7-4-8-19(26-18)29-13-25-30(22(29)31)12-15(10-23)11-24/h3-10,13-14H,11-12,24H2,1-2H3/b15-10+. The minimum atomic E-state index is -0.441. The number of benzene rings is 1. The second kappa shape index (κ2) is 9.06. The van der Waals surface area contributed by atoms with Gasteiger partial charge in [0.1, 0.15) is 12.1 Å². The molecule has 164 valence electrons. The third-order valence-electron chi connectivity index (χ3n) is 4.84. The summed E-state index contributed by atoms with van der Waals surface area (Å²) in [6, 6.07) is 12.9. The smallest absolute Gasteiger partial charge is 0.339 e. The van der Waals surface area contributed by atoms with Crippen molar-refractivity contribution >= 4 is 0 Å². The number of rotatable bonds is 7. The molecule has 0 atom stereocenters. The lowest BCUT2D eigenvalue weighted by atomic mass is 10.1. The molecule has 0 spiro atoms. The van der Waals surface area contributed by atoms with Crippen molar-refractivity contribution < 1.29 is 8.91 Å². The van der Waals surface area contributed by atoms with E-state index in [2.05, 4.69) is 20.2 Å². The van der Waals surface area contributed by atoms with Crippen LogP contribution in [0.1, 0.15) is 25.7 Å². The first-order chi connectivity index (χ1) is 15.5. The van der Waals surface area contributed by atoms with E-state index in [1.807, 2.05) is 44.2 Å². The Morgan fingerprint density at radius 1 is 1.19 bits per heavy atom. The Kier molecular flexibility index (Phi) is 6.04. The van der Waals surface area contributed by atoms with Crippen LogP contribution >= 0.6 is 0 Å². The van der Waals surface area contributed by atoms with E-state index < -0.39 is 5.69 Å². The number of pyridine rings is 1. The zero-order chi connectivity index (χ0) is 22.7. The van der Waals surface area contributed by atoms with Crippen LogP contribution in [0.15, 0.2) is 70.0 Å². The van der Waals surface area contributed by atoms with Gasteiger partial charge in [-0.25, -0.2) is 23.4 Å². The predicted molar refractivity (Wildman–Crippen MR) is 117 cm³/mol. The molecule has 2 N–H and O–H groups in total. The van der Waals surface area contributed by atoms with Crippen molar-refractivity contribution in [2.45, 2.75) is 26.3 Å². The Balaban J connectivity index is 1.66. The van der Waals surface area contributed by atoms with Crippen LogP contribution in [0.2, 0.25) is 0 Å². The van der Waals surface area contributed by atoms with Gasteiger partial charge in [0.2, 0.25) is 11.7 Å². The highest BCUT2D eigenvalue weighted by molar-refractivity contribution is 5.68. The quantitative estimate of drug-likeness (QED) is 0.474. The molecule has 0 unspecified atom stereocenters. The van der Waals surface area contributed by atoms with Gasteiger partial charge in [-0.3, -0.25) is 0 Å². The normalized spacial score (nSPS) is 12.0. The van der Waals surface area contributed by atoms with E-state index in [0.29, 0.717) is 29.6 Å². The third-order valence-corrected chi connectivity index (χ3v) is 4.84. The Morgan fingerprint density at radius 2 is 1.97 bits per heavy atom. The van der Waals surface area contributed by atoms with E-state index in [4.69, 9.17) is 10.3 Å². The van der Waals surface area contributed by atoms with Gasteiger partial charge in [0.05, 0.1) is 18.6 Å². The molecule has 0 amide bonds. The van der Waals surface area contributed by atoms with E-state index in [0.717, 1.165) is 15.8 Å². The molecule has 32 heavy (non-hydrogen) atoms. The molecule has 4 rings (SSSR count). The summed E-state index contributed by atoms with van der Waals surface area (Å²) in [6.07, 6.45) is 1.75. The number of hydrogen-bond acceptors (Lipinski definition) is 7.